The van der Waals surface area contributed by atoms with Gasteiger partial charge in [0.25, 0.3) is 0 Å². The number of piperidine rings is 1. The molecule has 2 heterocycles. The van der Waals surface area contributed by atoms with Crippen LogP contribution in [0.25, 0.3) is 0 Å². The van der Waals surface area contributed by atoms with E-state index in [0.717, 1.165) is 32.4 Å². The van der Waals surface area contributed by atoms with Crippen LogP contribution in [0.3, 0.4) is 0 Å². The van der Waals surface area contributed by atoms with Gasteiger partial charge in [0.05, 0.1) is 11.6 Å². The van der Waals surface area contributed by atoms with Crippen molar-refractivity contribution < 1.29 is 14.0 Å². The van der Waals surface area contributed by atoms with E-state index in [1.165, 1.54) is 12.1 Å². The molecule has 0 aromatic heterocycles. The van der Waals surface area contributed by atoms with Crippen molar-refractivity contribution in [2.45, 2.75) is 25.3 Å². The maximum Gasteiger partial charge on any atom is 0.321 e. The zero-order chi connectivity index (χ0) is 17.8. The Morgan fingerprint density at radius 2 is 2.12 bits per heavy atom. The first-order chi connectivity index (χ1) is 12.1. The highest BCUT2D eigenvalue weighted by Crippen LogP contribution is 2.22. The number of carbonyl (C=O) groups excluding carboxylic acids is 2. The molecule has 2 aliphatic rings. The van der Waals surface area contributed by atoms with Crippen LogP contribution in [0.4, 0.5) is 14.9 Å². The van der Waals surface area contributed by atoms with Gasteiger partial charge in [-0.2, -0.15) is 0 Å². The number of nitrogens with zero attached hydrogens (tertiary/aromatic N) is 2. The molecule has 0 aliphatic carbocycles. The number of hydrogen-bond acceptors (Lipinski definition) is 3. The summed E-state index contributed by atoms with van der Waals surface area (Å²) in [4.78, 5) is 28.6. The summed E-state index contributed by atoms with van der Waals surface area (Å²) in [6.07, 6.45) is 2.52. The Morgan fingerprint density at radius 1 is 1.32 bits per heavy atom. The molecule has 0 spiro atoms. The Kier molecular flexibility index (Phi) is 5.53. The summed E-state index contributed by atoms with van der Waals surface area (Å²) in [5.74, 6) is -0.559. The Hall–Kier alpha value is -2.15. The summed E-state index contributed by atoms with van der Waals surface area (Å²) in [5.41, 5.74) is 0.162. The number of nitrogens with one attached hydrogen (secondary N) is 2. The number of anilines is 1. The molecule has 25 heavy (non-hydrogen) atoms. The summed E-state index contributed by atoms with van der Waals surface area (Å²) < 4.78 is 13.7. The molecule has 7 heteroatoms. The second-order valence-corrected chi connectivity index (χ2v) is 6.79. The standard InChI is InChI=1S/C18H25FN4O2/c1-22(14-8-9-20-11-14)17(24)13-5-4-10-23(12-13)18(25)21-16-7-3-2-6-15(16)19/h2-3,6-7,13-14,20H,4-5,8-12H2,1H3,(H,21,25). The van der Waals surface area contributed by atoms with Crippen LogP contribution in [0.15, 0.2) is 24.3 Å². The molecule has 2 aliphatic heterocycles. The monoisotopic (exact) mass is 348 g/mol. The smallest absolute Gasteiger partial charge is 0.321 e. The summed E-state index contributed by atoms with van der Waals surface area (Å²) >= 11 is 0. The van der Waals surface area contributed by atoms with Crippen LogP contribution in [0.5, 0.6) is 0 Å². The molecule has 6 nitrogen and oxygen atoms in total. The number of likely N-dealkylation sites (N-methyl/N-ethyl adjacent to an activating group) is 1. The number of benzene rings is 1. The van der Waals surface area contributed by atoms with Crippen LogP contribution in [0.1, 0.15) is 19.3 Å². The molecule has 3 amide bonds. The summed E-state index contributed by atoms with van der Waals surface area (Å²) in [6, 6.07) is 5.96. The van der Waals surface area contributed by atoms with Gasteiger partial charge in [-0.05, 0) is 37.9 Å². The summed E-state index contributed by atoms with van der Waals surface area (Å²) in [5, 5.41) is 5.87. The fourth-order valence-corrected chi connectivity index (χ4v) is 3.56. The second kappa shape index (κ2) is 7.82. The third-order valence-corrected chi connectivity index (χ3v) is 5.10. The lowest BCUT2D eigenvalue weighted by atomic mass is 9.96. The zero-order valence-corrected chi connectivity index (χ0v) is 14.5. The largest absolute Gasteiger partial charge is 0.341 e. The molecule has 0 saturated carbocycles. The molecule has 0 bridgehead atoms. The number of carbonyl (C=O) groups is 2. The third kappa shape index (κ3) is 4.10. The molecule has 2 saturated heterocycles. The van der Waals surface area contributed by atoms with Gasteiger partial charge in [0, 0.05) is 32.7 Å². The number of halogens is 1. The minimum atomic E-state index is -0.464. The highest BCUT2D eigenvalue weighted by molar-refractivity contribution is 5.90. The SMILES string of the molecule is CN(C(=O)C1CCCN(C(=O)Nc2ccccc2F)C1)C1CCNC1. The van der Waals surface area contributed by atoms with Crippen molar-refractivity contribution in [2.24, 2.45) is 5.92 Å². The first kappa shape index (κ1) is 17.7. The second-order valence-electron chi connectivity index (χ2n) is 6.79. The van der Waals surface area contributed by atoms with Crippen molar-refractivity contribution in [2.75, 3.05) is 38.5 Å². The van der Waals surface area contributed by atoms with E-state index in [1.807, 2.05) is 11.9 Å². The van der Waals surface area contributed by atoms with Gasteiger partial charge in [-0.1, -0.05) is 12.1 Å². The predicted molar refractivity (Wildman–Crippen MR) is 93.8 cm³/mol. The van der Waals surface area contributed by atoms with Gasteiger partial charge in [0.1, 0.15) is 5.82 Å². The number of urea groups is 1. The van der Waals surface area contributed by atoms with Crippen LogP contribution >= 0.6 is 0 Å². The molecule has 2 fully saturated rings. The van der Waals surface area contributed by atoms with Crippen molar-refractivity contribution in [3.05, 3.63) is 30.1 Å². The van der Waals surface area contributed by atoms with Gasteiger partial charge in [-0.3, -0.25) is 4.79 Å². The van der Waals surface area contributed by atoms with E-state index >= 15 is 0 Å². The summed E-state index contributed by atoms with van der Waals surface area (Å²) in [7, 11) is 1.85. The quantitative estimate of drug-likeness (QED) is 0.877. The average Bonchev–Trinajstić information content (AvgIpc) is 3.17. The van der Waals surface area contributed by atoms with Gasteiger partial charge in [0.15, 0.2) is 0 Å². The Balaban J connectivity index is 1.59. The molecule has 2 N–H and O–H groups in total. The molecule has 3 rings (SSSR count). The van der Waals surface area contributed by atoms with E-state index in [1.54, 1.807) is 17.0 Å². The highest BCUT2D eigenvalue weighted by Gasteiger charge is 2.33. The molecule has 136 valence electrons. The van der Waals surface area contributed by atoms with E-state index < -0.39 is 5.82 Å². The van der Waals surface area contributed by atoms with Crippen LogP contribution in [-0.4, -0.2) is 61.0 Å². The van der Waals surface area contributed by atoms with Gasteiger partial charge in [0.2, 0.25) is 5.91 Å². The van der Waals surface area contributed by atoms with Gasteiger partial charge in [-0.15, -0.1) is 0 Å². The minimum absolute atomic E-state index is 0.0945. The molecule has 1 aromatic rings. The van der Waals surface area contributed by atoms with Crippen LogP contribution < -0.4 is 10.6 Å². The highest BCUT2D eigenvalue weighted by atomic mass is 19.1. The lowest BCUT2D eigenvalue weighted by molar-refractivity contribution is -0.137. The molecular weight excluding hydrogens is 323 g/mol. The zero-order valence-electron chi connectivity index (χ0n) is 14.5. The number of likely N-dealkylation sites (tertiary alicyclic amines) is 1. The first-order valence-electron chi connectivity index (χ1n) is 8.84. The van der Waals surface area contributed by atoms with Crippen LogP contribution in [-0.2, 0) is 4.79 Å². The lowest BCUT2D eigenvalue weighted by Crippen LogP contribution is -2.49. The van der Waals surface area contributed by atoms with Crippen molar-refractivity contribution in [3.8, 4) is 0 Å². The van der Waals surface area contributed by atoms with Crippen molar-refractivity contribution in [3.63, 3.8) is 0 Å². The van der Waals surface area contributed by atoms with Crippen molar-refractivity contribution in [1.82, 2.24) is 15.1 Å². The maximum absolute atomic E-state index is 13.7. The predicted octanol–water partition coefficient (Wildman–Crippen LogP) is 1.89. The number of rotatable bonds is 3. The van der Waals surface area contributed by atoms with Crippen LogP contribution in [0, 0.1) is 11.7 Å². The van der Waals surface area contributed by atoms with Crippen molar-refractivity contribution in [1.29, 1.82) is 0 Å². The lowest BCUT2D eigenvalue weighted by Gasteiger charge is -2.35. The third-order valence-electron chi connectivity index (χ3n) is 5.10. The number of para-hydroxylation sites is 1. The topological polar surface area (TPSA) is 64.7 Å². The molecule has 1 aromatic carbocycles. The normalized spacial score (nSPS) is 23.4. The number of hydrogen-bond donors (Lipinski definition) is 2. The fourth-order valence-electron chi connectivity index (χ4n) is 3.56. The van der Waals surface area contributed by atoms with Crippen LogP contribution in [0.2, 0.25) is 0 Å². The Bertz CT molecular complexity index is 633. The van der Waals surface area contributed by atoms with E-state index in [0.29, 0.717) is 13.1 Å². The molecule has 2 unspecified atom stereocenters. The van der Waals surface area contributed by atoms with E-state index in [-0.39, 0.29) is 29.6 Å². The first-order valence-corrected chi connectivity index (χ1v) is 8.84. The van der Waals surface area contributed by atoms with E-state index in [2.05, 4.69) is 10.6 Å². The fraction of sp³-hybridized carbons (Fsp3) is 0.556. The van der Waals surface area contributed by atoms with E-state index in [4.69, 9.17) is 0 Å². The molecule has 0 radical (unpaired) electrons. The van der Waals surface area contributed by atoms with Gasteiger partial charge < -0.3 is 20.4 Å². The molecular formula is C18H25FN4O2. The van der Waals surface area contributed by atoms with Gasteiger partial charge >= 0.3 is 6.03 Å². The van der Waals surface area contributed by atoms with E-state index in [9.17, 15) is 14.0 Å². The average molecular weight is 348 g/mol. The Morgan fingerprint density at radius 3 is 2.84 bits per heavy atom. The van der Waals surface area contributed by atoms with Crippen molar-refractivity contribution >= 4 is 17.6 Å². The minimum Gasteiger partial charge on any atom is -0.341 e. The molecule has 2 atom stereocenters. The maximum atomic E-state index is 13.7. The van der Waals surface area contributed by atoms with Gasteiger partial charge in [-0.25, -0.2) is 9.18 Å². The summed E-state index contributed by atoms with van der Waals surface area (Å²) in [6.45, 7) is 2.72. The number of amides is 3. The Labute approximate surface area is 147 Å².